The molecule has 3 heterocycles. The first-order valence-electron chi connectivity index (χ1n) is 9.73. The van der Waals surface area contributed by atoms with Crippen LogP contribution in [0.15, 0.2) is 24.7 Å². The summed E-state index contributed by atoms with van der Waals surface area (Å²) in [6.07, 6.45) is 12.3. The summed E-state index contributed by atoms with van der Waals surface area (Å²) < 4.78 is 7.81. The average Bonchev–Trinajstić information content (AvgIpc) is 3.31. The molecule has 1 aliphatic heterocycles. The van der Waals surface area contributed by atoms with Crippen molar-refractivity contribution < 1.29 is 9.53 Å². The second-order valence-corrected chi connectivity index (χ2v) is 7.36. The summed E-state index contributed by atoms with van der Waals surface area (Å²) >= 11 is 0. The highest BCUT2D eigenvalue weighted by Crippen LogP contribution is 2.33. The maximum Gasteiger partial charge on any atom is 0.257 e. The number of aromatic nitrogens is 4. The lowest BCUT2D eigenvalue weighted by atomic mass is 9.85. The highest BCUT2D eigenvalue weighted by molar-refractivity contribution is 5.95. The molecule has 1 aliphatic carbocycles. The second kappa shape index (κ2) is 8.03. The molecule has 0 spiro atoms. The molecule has 2 fully saturated rings. The van der Waals surface area contributed by atoms with Crippen LogP contribution < -0.4 is 0 Å². The van der Waals surface area contributed by atoms with Crippen LogP contribution in [0, 0.1) is 0 Å². The van der Waals surface area contributed by atoms with Crippen LogP contribution in [0.25, 0.3) is 0 Å². The molecule has 26 heavy (non-hydrogen) atoms. The standard InChI is InChI=1S/C19H27N5O2/c25-19(17-12-20-22-18(17)15-6-2-1-3-7-15)23-9-5-11-26-16(13-23)14-24-10-4-8-21-24/h4,8,10,12,15-16H,1-3,5-7,9,11,13-14H2,(H,20,22)/t16-/m0/s1. The number of carbonyl (C=O) groups excluding carboxylic acids is 1. The lowest BCUT2D eigenvalue weighted by Crippen LogP contribution is -2.39. The summed E-state index contributed by atoms with van der Waals surface area (Å²) in [7, 11) is 0. The van der Waals surface area contributed by atoms with E-state index in [1.807, 2.05) is 21.8 Å². The van der Waals surface area contributed by atoms with Gasteiger partial charge in [-0.2, -0.15) is 10.2 Å². The Morgan fingerprint density at radius 2 is 2.15 bits per heavy atom. The van der Waals surface area contributed by atoms with E-state index in [2.05, 4.69) is 15.3 Å². The summed E-state index contributed by atoms with van der Waals surface area (Å²) in [5.41, 5.74) is 1.78. The topological polar surface area (TPSA) is 76.0 Å². The molecule has 0 unspecified atom stereocenters. The first kappa shape index (κ1) is 17.3. The minimum absolute atomic E-state index is 0.0358. The predicted molar refractivity (Wildman–Crippen MR) is 96.9 cm³/mol. The van der Waals surface area contributed by atoms with Gasteiger partial charge in [-0.3, -0.25) is 14.6 Å². The molecule has 1 N–H and O–H groups in total. The molecule has 2 aromatic heterocycles. The van der Waals surface area contributed by atoms with Gasteiger partial charge in [-0.25, -0.2) is 0 Å². The molecular formula is C19H27N5O2. The van der Waals surface area contributed by atoms with Gasteiger partial charge in [0.05, 0.1) is 30.1 Å². The Hall–Kier alpha value is -2.15. The van der Waals surface area contributed by atoms with Crippen molar-refractivity contribution >= 4 is 5.91 Å². The number of ether oxygens (including phenoxy) is 1. The van der Waals surface area contributed by atoms with E-state index in [0.717, 1.165) is 37.1 Å². The molecule has 1 atom stereocenters. The third-order valence-corrected chi connectivity index (χ3v) is 5.50. The highest BCUT2D eigenvalue weighted by atomic mass is 16.5. The van der Waals surface area contributed by atoms with E-state index in [1.165, 1.54) is 19.3 Å². The maximum atomic E-state index is 13.2. The van der Waals surface area contributed by atoms with Gasteiger partial charge in [-0.05, 0) is 25.3 Å². The zero-order chi connectivity index (χ0) is 17.8. The molecule has 0 bridgehead atoms. The normalized spacial score (nSPS) is 22.3. The van der Waals surface area contributed by atoms with E-state index in [-0.39, 0.29) is 12.0 Å². The molecular weight excluding hydrogens is 330 g/mol. The van der Waals surface area contributed by atoms with Gasteiger partial charge in [0.15, 0.2) is 0 Å². The average molecular weight is 357 g/mol. The van der Waals surface area contributed by atoms with Crippen LogP contribution in [0.5, 0.6) is 0 Å². The van der Waals surface area contributed by atoms with Crippen LogP contribution >= 0.6 is 0 Å². The second-order valence-electron chi connectivity index (χ2n) is 7.36. The fourth-order valence-electron chi connectivity index (χ4n) is 4.15. The lowest BCUT2D eigenvalue weighted by Gasteiger charge is -2.26. The van der Waals surface area contributed by atoms with E-state index in [9.17, 15) is 4.79 Å². The first-order valence-corrected chi connectivity index (χ1v) is 9.73. The number of aromatic amines is 1. The number of nitrogens with zero attached hydrogens (tertiary/aromatic N) is 4. The van der Waals surface area contributed by atoms with Crippen LogP contribution in [0.3, 0.4) is 0 Å². The van der Waals surface area contributed by atoms with E-state index in [0.29, 0.717) is 25.6 Å². The van der Waals surface area contributed by atoms with E-state index in [1.54, 1.807) is 12.4 Å². The van der Waals surface area contributed by atoms with Gasteiger partial charge in [0.25, 0.3) is 5.91 Å². The monoisotopic (exact) mass is 357 g/mol. The Bertz CT molecular complexity index is 705. The quantitative estimate of drug-likeness (QED) is 0.912. The minimum Gasteiger partial charge on any atom is -0.374 e. The Kier molecular flexibility index (Phi) is 5.34. The summed E-state index contributed by atoms with van der Waals surface area (Å²) in [5, 5.41) is 11.6. The van der Waals surface area contributed by atoms with Crippen molar-refractivity contribution in [1.29, 1.82) is 0 Å². The van der Waals surface area contributed by atoms with E-state index < -0.39 is 0 Å². The smallest absolute Gasteiger partial charge is 0.257 e. The Morgan fingerprint density at radius 3 is 2.96 bits per heavy atom. The van der Waals surface area contributed by atoms with E-state index in [4.69, 9.17) is 4.74 Å². The van der Waals surface area contributed by atoms with Crippen LogP contribution in [0.4, 0.5) is 0 Å². The Morgan fingerprint density at radius 1 is 1.27 bits per heavy atom. The third-order valence-electron chi connectivity index (χ3n) is 5.50. The largest absolute Gasteiger partial charge is 0.374 e. The molecule has 1 saturated heterocycles. The molecule has 4 rings (SSSR count). The van der Waals surface area contributed by atoms with Gasteiger partial charge in [0.2, 0.25) is 0 Å². The SMILES string of the molecule is O=C(c1cn[nH]c1C1CCCCC1)N1CCCO[C@H](Cn2cccn2)C1. The fraction of sp³-hybridized carbons (Fsp3) is 0.632. The molecule has 0 aromatic carbocycles. The van der Waals surface area contributed by atoms with Crippen molar-refractivity contribution in [3.63, 3.8) is 0 Å². The first-order chi connectivity index (χ1) is 12.8. The maximum absolute atomic E-state index is 13.2. The number of nitrogens with one attached hydrogen (secondary N) is 1. The predicted octanol–water partition coefficient (Wildman–Crippen LogP) is 2.59. The Labute approximate surface area is 153 Å². The van der Waals surface area contributed by atoms with E-state index >= 15 is 0 Å². The summed E-state index contributed by atoms with van der Waals surface area (Å²) in [4.78, 5) is 15.1. The highest BCUT2D eigenvalue weighted by Gasteiger charge is 2.29. The van der Waals surface area contributed by atoms with Crippen LogP contribution in [0.1, 0.15) is 60.5 Å². The van der Waals surface area contributed by atoms with Gasteiger partial charge < -0.3 is 9.64 Å². The van der Waals surface area contributed by atoms with Gasteiger partial charge in [0.1, 0.15) is 0 Å². The van der Waals surface area contributed by atoms with Crippen molar-refractivity contribution in [2.75, 3.05) is 19.7 Å². The van der Waals surface area contributed by atoms with Crippen molar-refractivity contribution in [1.82, 2.24) is 24.9 Å². The molecule has 1 saturated carbocycles. The molecule has 7 nitrogen and oxygen atoms in total. The van der Waals surface area contributed by atoms with Crippen molar-refractivity contribution in [2.24, 2.45) is 0 Å². The van der Waals surface area contributed by atoms with Gasteiger partial charge in [0, 0.05) is 38.0 Å². The van der Waals surface area contributed by atoms with Crippen LogP contribution in [0.2, 0.25) is 0 Å². The number of hydrogen-bond donors (Lipinski definition) is 1. The molecule has 2 aliphatic rings. The zero-order valence-corrected chi connectivity index (χ0v) is 15.1. The van der Waals surface area contributed by atoms with Crippen LogP contribution in [-0.4, -0.2) is 56.6 Å². The zero-order valence-electron chi connectivity index (χ0n) is 15.1. The summed E-state index contributed by atoms with van der Waals surface area (Å²) in [6.45, 7) is 2.66. The summed E-state index contributed by atoms with van der Waals surface area (Å²) in [5.74, 6) is 0.517. The third kappa shape index (κ3) is 3.82. The van der Waals surface area contributed by atoms with Gasteiger partial charge in [-0.1, -0.05) is 19.3 Å². The molecule has 140 valence electrons. The molecule has 2 aromatic rings. The lowest BCUT2D eigenvalue weighted by molar-refractivity contribution is 0.0367. The van der Waals surface area contributed by atoms with Crippen LogP contribution in [-0.2, 0) is 11.3 Å². The molecule has 7 heteroatoms. The number of amides is 1. The van der Waals surface area contributed by atoms with Crippen molar-refractivity contribution in [3.8, 4) is 0 Å². The minimum atomic E-state index is -0.0358. The van der Waals surface area contributed by atoms with Crippen molar-refractivity contribution in [3.05, 3.63) is 35.9 Å². The number of hydrogen-bond acceptors (Lipinski definition) is 4. The van der Waals surface area contributed by atoms with Crippen molar-refractivity contribution in [2.45, 2.75) is 57.1 Å². The molecule has 1 amide bonds. The molecule has 0 radical (unpaired) electrons. The van der Waals surface area contributed by atoms with Gasteiger partial charge >= 0.3 is 0 Å². The Balaban J connectivity index is 1.47. The summed E-state index contributed by atoms with van der Waals surface area (Å²) in [6, 6.07) is 1.90. The number of H-pyrrole nitrogens is 1. The number of carbonyl (C=O) groups is 1. The fourth-order valence-corrected chi connectivity index (χ4v) is 4.15. The number of rotatable bonds is 4. The van der Waals surface area contributed by atoms with Gasteiger partial charge in [-0.15, -0.1) is 0 Å².